The van der Waals surface area contributed by atoms with Crippen molar-refractivity contribution < 1.29 is 4.74 Å². The molecule has 0 unspecified atom stereocenters. The average Bonchev–Trinajstić information content (AvgIpc) is 3.10. The Balaban J connectivity index is 0.00000288. The third-order valence-electron chi connectivity index (χ3n) is 3.28. The van der Waals surface area contributed by atoms with E-state index in [1.807, 2.05) is 0 Å². The van der Waals surface area contributed by atoms with Crippen molar-refractivity contribution in [3.63, 3.8) is 0 Å². The van der Waals surface area contributed by atoms with E-state index in [-0.39, 0.29) is 24.0 Å². The van der Waals surface area contributed by atoms with Crippen molar-refractivity contribution >= 4 is 47.0 Å². The standard InChI is InChI=1S/C17H24N4OS.HI/c1-18-17(21-13-16-4-3-11-23-16)20-12-14-5-7-15(8-6-14)19-9-10-22-2;/h3-8,11,19H,9-10,12-13H2,1-2H3,(H2,18,20,21);1H. The van der Waals surface area contributed by atoms with Crippen LogP contribution in [0.4, 0.5) is 5.69 Å². The molecule has 3 N–H and O–H groups in total. The number of thiophene rings is 1. The zero-order valence-corrected chi connectivity index (χ0v) is 17.2. The van der Waals surface area contributed by atoms with Crippen LogP contribution in [-0.4, -0.2) is 33.3 Å². The normalized spacial score (nSPS) is 10.8. The highest BCUT2D eigenvalue weighted by Crippen LogP contribution is 2.09. The van der Waals surface area contributed by atoms with Crippen molar-refractivity contribution in [3.05, 3.63) is 52.2 Å². The summed E-state index contributed by atoms with van der Waals surface area (Å²) in [5, 5.41) is 12.0. The highest BCUT2D eigenvalue weighted by molar-refractivity contribution is 14.0. The van der Waals surface area contributed by atoms with Gasteiger partial charge in [-0.15, -0.1) is 35.3 Å². The number of nitrogens with one attached hydrogen (secondary N) is 3. The van der Waals surface area contributed by atoms with Crippen molar-refractivity contribution in [2.45, 2.75) is 13.1 Å². The smallest absolute Gasteiger partial charge is 0.191 e. The first-order valence-corrected chi connectivity index (χ1v) is 8.48. The summed E-state index contributed by atoms with van der Waals surface area (Å²) in [6.07, 6.45) is 0. The van der Waals surface area contributed by atoms with Gasteiger partial charge in [0.05, 0.1) is 13.2 Å². The summed E-state index contributed by atoms with van der Waals surface area (Å²) in [7, 11) is 3.49. The van der Waals surface area contributed by atoms with Gasteiger partial charge in [-0.25, -0.2) is 0 Å². The maximum Gasteiger partial charge on any atom is 0.191 e. The van der Waals surface area contributed by atoms with Crippen LogP contribution in [0.3, 0.4) is 0 Å². The van der Waals surface area contributed by atoms with E-state index >= 15 is 0 Å². The molecule has 132 valence electrons. The second-order valence-corrected chi connectivity index (χ2v) is 6.01. The molecule has 0 aliphatic rings. The molecule has 0 aliphatic heterocycles. The number of benzene rings is 1. The summed E-state index contributed by atoms with van der Waals surface area (Å²) in [6, 6.07) is 12.5. The highest BCUT2D eigenvalue weighted by atomic mass is 127. The fraction of sp³-hybridized carbons (Fsp3) is 0.353. The minimum absolute atomic E-state index is 0. The summed E-state index contributed by atoms with van der Waals surface area (Å²) in [4.78, 5) is 5.53. The van der Waals surface area contributed by atoms with Gasteiger partial charge in [0.1, 0.15) is 0 Å². The zero-order chi connectivity index (χ0) is 16.3. The van der Waals surface area contributed by atoms with Crippen LogP contribution in [0.2, 0.25) is 0 Å². The molecule has 0 aliphatic carbocycles. The summed E-state index contributed by atoms with van der Waals surface area (Å²) in [6.45, 7) is 3.05. The second kappa shape index (κ2) is 12.1. The summed E-state index contributed by atoms with van der Waals surface area (Å²) in [5.74, 6) is 0.806. The summed E-state index contributed by atoms with van der Waals surface area (Å²) in [5.41, 5.74) is 2.31. The van der Waals surface area contributed by atoms with Crippen LogP contribution >= 0.6 is 35.3 Å². The lowest BCUT2D eigenvalue weighted by molar-refractivity contribution is 0.211. The Hall–Kier alpha value is -1.32. The van der Waals surface area contributed by atoms with Crippen LogP contribution in [-0.2, 0) is 17.8 Å². The van der Waals surface area contributed by atoms with Crippen LogP contribution in [0.5, 0.6) is 0 Å². The number of rotatable bonds is 8. The van der Waals surface area contributed by atoms with Gasteiger partial charge >= 0.3 is 0 Å². The first-order valence-electron chi connectivity index (χ1n) is 7.60. The van der Waals surface area contributed by atoms with Crippen LogP contribution < -0.4 is 16.0 Å². The number of halogens is 1. The maximum absolute atomic E-state index is 5.02. The molecule has 0 spiro atoms. The van der Waals surface area contributed by atoms with Crippen LogP contribution in [0.15, 0.2) is 46.8 Å². The molecule has 1 heterocycles. The van der Waals surface area contributed by atoms with Gasteiger partial charge in [-0.05, 0) is 29.1 Å². The number of aliphatic imine (C=N–C) groups is 1. The number of methoxy groups -OCH3 is 1. The molecule has 24 heavy (non-hydrogen) atoms. The van der Waals surface area contributed by atoms with E-state index in [4.69, 9.17) is 4.74 Å². The molecule has 2 aromatic rings. The largest absolute Gasteiger partial charge is 0.383 e. The fourth-order valence-corrected chi connectivity index (χ4v) is 2.67. The first kappa shape index (κ1) is 20.7. The van der Waals surface area contributed by atoms with Crippen molar-refractivity contribution in [2.24, 2.45) is 4.99 Å². The summed E-state index contributed by atoms with van der Waals surface area (Å²) < 4.78 is 5.02. The molecule has 0 amide bonds. The number of nitrogens with zero attached hydrogens (tertiary/aromatic N) is 1. The quantitative estimate of drug-likeness (QED) is 0.245. The molecule has 0 saturated heterocycles. The number of hydrogen-bond acceptors (Lipinski definition) is 4. The van der Waals surface area contributed by atoms with E-state index in [0.717, 1.165) is 31.3 Å². The molecule has 2 rings (SSSR count). The molecule has 5 nitrogen and oxygen atoms in total. The Morgan fingerprint density at radius 1 is 1.12 bits per heavy atom. The van der Waals surface area contributed by atoms with E-state index < -0.39 is 0 Å². The molecular weight excluding hydrogens is 435 g/mol. The Bertz CT molecular complexity index is 587. The molecule has 0 radical (unpaired) electrons. The first-order chi connectivity index (χ1) is 11.3. The van der Waals surface area contributed by atoms with Crippen LogP contribution in [0.25, 0.3) is 0 Å². The number of ether oxygens (including phenoxy) is 1. The Morgan fingerprint density at radius 2 is 1.88 bits per heavy atom. The van der Waals surface area contributed by atoms with Crippen molar-refractivity contribution in [3.8, 4) is 0 Å². The molecule has 0 atom stereocenters. The number of guanidine groups is 1. The van der Waals surface area contributed by atoms with E-state index in [9.17, 15) is 0 Å². The topological polar surface area (TPSA) is 57.7 Å². The molecule has 1 aromatic heterocycles. The number of hydrogen-bond donors (Lipinski definition) is 3. The lowest BCUT2D eigenvalue weighted by Gasteiger charge is -2.12. The Kier molecular flexibility index (Phi) is 10.4. The third-order valence-corrected chi connectivity index (χ3v) is 4.16. The predicted octanol–water partition coefficient (Wildman–Crippen LogP) is 3.29. The molecule has 0 fully saturated rings. The van der Waals surface area contributed by atoms with Gasteiger partial charge in [0, 0.05) is 37.8 Å². The zero-order valence-electron chi connectivity index (χ0n) is 14.0. The maximum atomic E-state index is 5.02. The minimum atomic E-state index is 0. The van der Waals surface area contributed by atoms with Crippen molar-refractivity contribution in [2.75, 3.05) is 32.6 Å². The van der Waals surface area contributed by atoms with Crippen molar-refractivity contribution in [1.82, 2.24) is 10.6 Å². The van der Waals surface area contributed by atoms with E-state index in [0.29, 0.717) is 6.61 Å². The average molecular weight is 460 g/mol. The van der Waals surface area contributed by atoms with E-state index in [1.165, 1.54) is 10.4 Å². The van der Waals surface area contributed by atoms with Gasteiger partial charge in [-0.2, -0.15) is 0 Å². The van der Waals surface area contributed by atoms with Gasteiger partial charge in [0.2, 0.25) is 0 Å². The van der Waals surface area contributed by atoms with Crippen LogP contribution in [0, 0.1) is 0 Å². The SMILES string of the molecule is CN=C(NCc1ccc(NCCOC)cc1)NCc1cccs1.I. The van der Waals surface area contributed by atoms with Gasteiger partial charge in [-0.3, -0.25) is 4.99 Å². The lowest BCUT2D eigenvalue weighted by Crippen LogP contribution is -2.36. The van der Waals surface area contributed by atoms with Crippen LogP contribution in [0.1, 0.15) is 10.4 Å². The van der Waals surface area contributed by atoms with Gasteiger partial charge in [0.15, 0.2) is 5.96 Å². The molecule has 0 bridgehead atoms. The monoisotopic (exact) mass is 460 g/mol. The van der Waals surface area contributed by atoms with E-state index in [1.54, 1.807) is 25.5 Å². The lowest BCUT2D eigenvalue weighted by atomic mass is 10.2. The van der Waals surface area contributed by atoms with E-state index in [2.05, 4.69) is 62.7 Å². The Morgan fingerprint density at radius 3 is 2.50 bits per heavy atom. The molecular formula is C17H25IN4OS. The highest BCUT2D eigenvalue weighted by Gasteiger charge is 2.00. The predicted molar refractivity (Wildman–Crippen MR) is 114 cm³/mol. The van der Waals surface area contributed by atoms with Gasteiger partial charge < -0.3 is 20.7 Å². The second-order valence-electron chi connectivity index (χ2n) is 4.98. The van der Waals surface area contributed by atoms with Gasteiger partial charge in [0.25, 0.3) is 0 Å². The fourth-order valence-electron chi connectivity index (χ4n) is 2.03. The molecule has 1 aromatic carbocycles. The number of anilines is 1. The Labute approximate surface area is 164 Å². The minimum Gasteiger partial charge on any atom is -0.383 e. The molecule has 0 saturated carbocycles. The summed E-state index contributed by atoms with van der Waals surface area (Å²) >= 11 is 1.74. The molecule has 7 heteroatoms. The van der Waals surface area contributed by atoms with Gasteiger partial charge in [-0.1, -0.05) is 18.2 Å². The van der Waals surface area contributed by atoms with Crippen molar-refractivity contribution in [1.29, 1.82) is 0 Å². The third kappa shape index (κ3) is 7.50.